The third kappa shape index (κ3) is 2.65. The lowest BCUT2D eigenvalue weighted by Gasteiger charge is -2.24. The fraction of sp³-hybridized carbons (Fsp3) is 0.0909. The molecule has 1 atom stereocenters. The first-order valence-electron chi connectivity index (χ1n) is 8.50. The maximum atomic E-state index is 12.6. The highest BCUT2D eigenvalue weighted by Crippen LogP contribution is 2.46. The number of nitrogens with one attached hydrogen (secondary N) is 1. The van der Waals surface area contributed by atoms with Gasteiger partial charge < -0.3 is 11.1 Å². The minimum atomic E-state index is -0.826. The summed E-state index contributed by atoms with van der Waals surface area (Å²) in [6.45, 7) is 0. The van der Waals surface area contributed by atoms with E-state index in [0.29, 0.717) is 5.56 Å². The SMILES string of the molecule is NC(=O)[C@H](NC(=O)c1ccccc1)C1c2ccccc2-c2ccccc21. The summed E-state index contributed by atoms with van der Waals surface area (Å²) in [4.78, 5) is 24.9. The molecule has 1 aliphatic rings. The second-order valence-corrected chi connectivity index (χ2v) is 6.37. The van der Waals surface area contributed by atoms with Crippen LogP contribution in [-0.2, 0) is 4.79 Å². The number of primary amides is 1. The van der Waals surface area contributed by atoms with Crippen LogP contribution < -0.4 is 11.1 Å². The van der Waals surface area contributed by atoms with Gasteiger partial charge in [-0.2, -0.15) is 0 Å². The summed E-state index contributed by atoms with van der Waals surface area (Å²) in [7, 11) is 0. The van der Waals surface area contributed by atoms with Crippen LogP contribution in [0.1, 0.15) is 27.4 Å². The van der Waals surface area contributed by atoms with Gasteiger partial charge in [-0.3, -0.25) is 9.59 Å². The van der Waals surface area contributed by atoms with Crippen molar-refractivity contribution in [3.05, 3.63) is 95.6 Å². The zero-order valence-electron chi connectivity index (χ0n) is 14.1. The Bertz CT molecular complexity index is 937. The highest BCUT2D eigenvalue weighted by atomic mass is 16.2. The molecule has 0 heterocycles. The second kappa shape index (κ2) is 6.48. The van der Waals surface area contributed by atoms with E-state index in [4.69, 9.17) is 5.73 Å². The molecule has 4 rings (SSSR count). The number of benzene rings is 3. The van der Waals surface area contributed by atoms with Crippen molar-refractivity contribution < 1.29 is 9.59 Å². The molecule has 3 aromatic rings. The standard InChI is InChI=1S/C22H18N2O2/c23-21(25)20(24-22(26)14-8-2-1-3-9-14)19-17-12-6-4-10-15(17)16-11-5-7-13-18(16)19/h1-13,19-20H,(H2,23,25)(H,24,26)/t20-/m1/s1. The van der Waals surface area contributed by atoms with E-state index in [1.54, 1.807) is 24.3 Å². The van der Waals surface area contributed by atoms with Gasteiger partial charge in [0.2, 0.25) is 5.91 Å². The second-order valence-electron chi connectivity index (χ2n) is 6.37. The molecule has 4 nitrogen and oxygen atoms in total. The van der Waals surface area contributed by atoms with Crippen LogP contribution in [0.25, 0.3) is 11.1 Å². The van der Waals surface area contributed by atoms with Crippen LogP contribution in [0.15, 0.2) is 78.9 Å². The predicted octanol–water partition coefficient (Wildman–Crippen LogP) is 3.08. The Kier molecular flexibility index (Phi) is 4.01. The van der Waals surface area contributed by atoms with Crippen molar-refractivity contribution in [2.75, 3.05) is 0 Å². The molecule has 3 aromatic carbocycles. The molecule has 1 aliphatic carbocycles. The van der Waals surface area contributed by atoms with E-state index in [1.807, 2.05) is 54.6 Å². The first-order valence-corrected chi connectivity index (χ1v) is 8.50. The fourth-order valence-corrected chi connectivity index (χ4v) is 3.69. The molecule has 0 aromatic heterocycles. The molecule has 128 valence electrons. The smallest absolute Gasteiger partial charge is 0.251 e. The van der Waals surface area contributed by atoms with Crippen molar-refractivity contribution in [2.24, 2.45) is 5.73 Å². The van der Waals surface area contributed by atoms with Gasteiger partial charge in [0.1, 0.15) is 6.04 Å². The molecule has 0 unspecified atom stereocenters. The van der Waals surface area contributed by atoms with Crippen LogP contribution in [0, 0.1) is 0 Å². The number of rotatable bonds is 4. The largest absolute Gasteiger partial charge is 0.368 e. The zero-order chi connectivity index (χ0) is 18.1. The number of carbonyl (C=O) groups is 2. The van der Waals surface area contributed by atoms with E-state index < -0.39 is 11.9 Å². The van der Waals surface area contributed by atoms with Gasteiger partial charge in [0.15, 0.2) is 0 Å². The minimum absolute atomic E-state index is 0.299. The molecular weight excluding hydrogens is 324 g/mol. The van der Waals surface area contributed by atoms with Gasteiger partial charge in [0.05, 0.1) is 0 Å². The number of fused-ring (bicyclic) bond motifs is 3. The van der Waals surface area contributed by atoms with Crippen molar-refractivity contribution in [1.29, 1.82) is 0 Å². The summed E-state index contributed by atoms with van der Waals surface area (Å²) < 4.78 is 0. The topological polar surface area (TPSA) is 72.2 Å². The highest BCUT2D eigenvalue weighted by Gasteiger charge is 2.37. The number of carbonyl (C=O) groups excluding carboxylic acids is 2. The molecule has 0 bridgehead atoms. The third-order valence-electron chi connectivity index (χ3n) is 4.84. The molecule has 26 heavy (non-hydrogen) atoms. The molecule has 3 N–H and O–H groups in total. The summed E-state index contributed by atoms with van der Waals surface area (Å²) in [6.07, 6.45) is 0. The van der Waals surface area contributed by atoms with Gasteiger partial charge in [-0.15, -0.1) is 0 Å². The Morgan fingerprint density at radius 1 is 0.769 bits per heavy atom. The van der Waals surface area contributed by atoms with E-state index in [0.717, 1.165) is 22.3 Å². The molecule has 0 aliphatic heterocycles. The van der Waals surface area contributed by atoms with Crippen molar-refractivity contribution in [2.45, 2.75) is 12.0 Å². The first-order chi connectivity index (χ1) is 12.7. The average molecular weight is 342 g/mol. The Hall–Kier alpha value is -3.40. The molecule has 0 fully saturated rings. The Labute approximate surface area is 151 Å². The van der Waals surface area contributed by atoms with Crippen LogP contribution in [0.5, 0.6) is 0 Å². The number of hydrogen-bond acceptors (Lipinski definition) is 2. The average Bonchev–Trinajstić information content (AvgIpc) is 3.01. The van der Waals surface area contributed by atoms with Crippen molar-refractivity contribution in [3.8, 4) is 11.1 Å². The Balaban J connectivity index is 1.76. The van der Waals surface area contributed by atoms with Crippen LogP contribution in [0.4, 0.5) is 0 Å². The number of nitrogens with two attached hydrogens (primary N) is 1. The van der Waals surface area contributed by atoms with Gasteiger partial charge >= 0.3 is 0 Å². The molecule has 0 spiro atoms. The number of amides is 2. The van der Waals surface area contributed by atoms with E-state index in [9.17, 15) is 9.59 Å². The van der Waals surface area contributed by atoms with Crippen LogP contribution in [-0.4, -0.2) is 17.9 Å². The van der Waals surface area contributed by atoms with Gasteiger partial charge in [0.25, 0.3) is 5.91 Å². The van der Waals surface area contributed by atoms with Crippen molar-refractivity contribution in [1.82, 2.24) is 5.32 Å². The molecule has 0 radical (unpaired) electrons. The van der Waals surface area contributed by atoms with Crippen molar-refractivity contribution >= 4 is 11.8 Å². The normalized spacial score (nSPS) is 13.5. The maximum Gasteiger partial charge on any atom is 0.251 e. The lowest BCUT2D eigenvalue weighted by molar-refractivity contribution is -0.120. The molecule has 0 saturated carbocycles. The van der Waals surface area contributed by atoms with E-state index in [1.165, 1.54) is 0 Å². The summed E-state index contributed by atoms with van der Waals surface area (Å²) in [6, 6.07) is 23.9. The molecule has 0 saturated heterocycles. The Morgan fingerprint density at radius 3 is 1.81 bits per heavy atom. The van der Waals surface area contributed by atoms with E-state index in [2.05, 4.69) is 5.32 Å². The third-order valence-corrected chi connectivity index (χ3v) is 4.84. The molecular formula is C22H18N2O2. The van der Waals surface area contributed by atoms with Crippen LogP contribution >= 0.6 is 0 Å². The molecule has 2 amide bonds. The summed E-state index contributed by atoms with van der Waals surface area (Å²) in [5.74, 6) is -1.16. The van der Waals surface area contributed by atoms with Gasteiger partial charge in [-0.1, -0.05) is 66.7 Å². The lowest BCUT2D eigenvalue weighted by atomic mass is 9.88. The van der Waals surface area contributed by atoms with Crippen molar-refractivity contribution in [3.63, 3.8) is 0 Å². The fourth-order valence-electron chi connectivity index (χ4n) is 3.69. The quantitative estimate of drug-likeness (QED) is 0.765. The lowest BCUT2D eigenvalue weighted by Crippen LogP contribution is -2.48. The number of hydrogen-bond donors (Lipinski definition) is 2. The van der Waals surface area contributed by atoms with Gasteiger partial charge in [0, 0.05) is 11.5 Å². The summed E-state index contributed by atoms with van der Waals surface area (Å²) in [5.41, 5.74) is 10.4. The van der Waals surface area contributed by atoms with E-state index in [-0.39, 0.29) is 11.8 Å². The zero-order valence-corrected chi connectivity index (χ0v) is 14.1. The molecule has 4 heteroatoms. The highest BCUT2D eigenvalue weighted by molar-refractivity contribution is 5.98. The maximum absolute atomic E-state index is 12.6. The summed E-state index contributed by atoms with van der Waals surface area (Å²) >= 11 is 0. The van der Waals surface area contributed by atoms with E-state index >= 15 is 0 Å². The van der Waals surface area contributed by atoms with Gasteiger partial charge in [-0.05, 0) is 34.4 Å². The monoisotopic (exact) mass is 342 g/mol. The first kappa shape index (κ1) is 16.1. The predicted molar refractivity (Wildman–Crippen MR) is 101 cm³/mol. The summed E-state index contributed by atoms with van der Waals surface area (Å²) in [5, 5.41) is 2.84. The van der Waals surface area contributed by atoms with Crippen LogP contribution in [0.2, 0.25) is 0 Å². The van der Waals surface area contributed by atoms with Crippen LogP contribution in [0.3, 0.4) is 0 Å². The Morgan fingerprint density at radius 2 is 1.27 bits per heavy atom. The van der Waals surface area contributed by atoms with Gasteiger partial charge in [-0.25, -0.2) is 0 Å². The minimum Gasteiger partial charge on any atom is -0.368 e.